The molecule has 1 aromatic heterocycles. The first-order chi connectivity index (χ1) is 12.6. The van der Waals surface area contributed by atoms with Crippen LogP contribution < -0.4 is 10.7 Å². The van der Waals surface area contributed by atoms with E-state index >= 15 is 0 Å². The van der Waals surface area contributed by atoms with Crippen LogP contribution >= 0.6 is 50.6 Å². The van der Waals surface area contributed by atoms with Crippen molar-refractivity contribution in [3.05, 3.63) is 75.0 Å². The van der Waals surface area contributed by atoms with Crippen molar-refractivity contribution in [1.82, 2.24) is 5.43 Å². The van der Waals surface area contributed by atoms with E-state index in [1.165, 1.54) is 0 Å². The third kappa shape index (κ3) is 5.88. The van der Waals surface area contributed by atoms with Gasteiger partial charge in [0, 0.05) is 25.0 Å². The number of carbonyl (C=O) groups excluding carboxylic acids is 1. The van der Waals surface area contributed by atoms with E-state index in [1.54, 1.807) is 41.4 Å². The van der Waals surface area contributed by atoms with Gasteiger partial charge >= 0.3 is 6.03 Å². The maximum Gasteiger partial charge on any atom is 0.339 e. The molecule has 3 rings (SSSR count). The van der Waals surface area contributed by atoms with E-state index in [0.29, 0.717) is 5.69 Å². The fourth-order valence-corrected chi connectivity index (χ4v) is 4.31. The minimum atomic E-state index is -0.393. The highest BCUT2D eigenvalue weighted by atomic mass is 79.9. The molecule has 2 aromatic carbocycles. The minimum Gasteiger partial charge on any atom is -0.307 e. The molecule has 0 spiro atoms. The van der Waals surface area contributed by atoms with E-state index in [1.807, 2.05) is 48.5 Å². The predicted octanol–water partition coefficient (Wildman–Crippen LogP) is 6.47. The lowest BCUT2D eigenvalue weighted by Crippen LogP contribution is -2.24. The molecule has 0 aliphatic carbocycles. The fourth-order valence-electron chi connectivity index (χ4n) is 1.92. The quantitative estimate of drug-likeness (QED) is 0.334. The number of carbonyl (C=O) groups is 1. The van der Waals surface area contributed by atoms with E-state index in [2.05, 4.69) is 31.8 Å². The average molecular weight is 467 g/mol. The summed E-state index contributed by atoms with van der Waals surface area (Å²) in [4.78, 5) is 13.9. The van der Waals surface area contributed by atoms with Gasteiger partial charge in [-0.15, -0.1) is 11.3 Å². The summed E-state index contributed by atoms with van der Waals surface area (Å²) < 4.78 is 2.08. The third-order valence-electron chi connectivity index (χ3n) is 3.09. The number of thiophene rings is 1. The molecule has 132 valence electrons. The van der Waals surface area contributed by atoms with Crippen LogP contribution in [0, 0.1) is 0 Å². The summed E-state index contributed by atoms with van der Waals surface area (Å²) in [6.45, 7) is 0. The van der Waals surface area contributed by atoms with Crippen molar-refractivity contribution in [2.24, 2.45) is 5.10 Å². The highest BCUT2D eigenvalue weighted by Gasteiger charge is 2.02. The second-order valence-electron chi connectivity index (χ2n) is 5.04. The Morgan fingerprint density at radius 3 is 2.54 bits per heavy atom. The van der Waals surface area contributed by atoms with Gasteiger partial charge in [-0.1, -0.05) is 39.3 Å². The molecule has 8 heteroatoms. The smallest absolute Gasteiger partial charge is 0.307 e. The Morgan fingerprint density at radius 1 is 1.08 bits per heavy atom. The molecule has 0 aliphatic rings. The SMILES string of the molecule is O=C(N/N=C/c1ccc(Sc2ccc(Cl)cc2)s1)Nc1ccc(Br)cc1. The van der Waals surface area contributed by atoms with Crippen LogP contribution in [-0.2, 0) is 0 Å². The number of hydrogen-bond acceptors (Lipinski definition) is 4. The summed E-state index contributed by atoms with van der Waals surface area (Å²) in [6, 6.07) is 18.6. The summed E-state index contributed by atoms with van der Waals surface area (Å²) in [6.07, 6.45) is 1.62. The standard InChI is InChI=1S/C18H13BrClN3OS2/c19-12-1-5-14(6-2-12)22-18(24)23-21-11-16-9-10-17(26-16)25-15-7-3-13(20)4-8-15/h1-11H,(H2,22,23,24)/b21-11+. The van der Waals surface area contributed by atoms with Gasteiger partial charge in [-0.3, -0.25) is 0 Å². The molecular weight excluding hydrogens is 454 g/mol. The average Bonchev–Trinajstić information content (AvgIpc) is 3.06. The molecule has 1 heterocycles. The van der Waals surface area contributed by atoms with Crippen molar-refractivity contribution >= 4 is 68.6 Å². The fraction of sp³-hybridized carbons (Fsp3) is 0. The van der Waals surface area contributed by atoms with Crippen molar-refractivity contribution in [3.8, 4) is 0 Å². The Labute approximate surface area is 172 Å². The Kier molecular flexibility index (Phi) is 6.73. The topological polar surface area (TPSA) is 53.5 Å². The Morgan fingerprint density at radius 2 is 1.81 bits per heavy atom. The first kappa shape index (κ1) is 19.0. The molecule has 0 bridgehead atoms. The number of nitrogens with one attached hydrogen (secondary N) is 2. The van der Waals surface area contributed by atoms with Crippen molar-refractivity contribution in [2.45, 2.75) is 9.10 Å². The van der Waals surface area contributed by atoms with Gasteiger partial charge in [0.1, 0.15) is 0 Å². The Bertz CT molecular complexity index is 911. The summed E-state index contributed by atoms with van der Waals surface area (Å²) in [5, 5.41) is 7.40. The molecule has 2 N–H and O–H groups in total. The van der Waals surface area contributed by atoms with Crippen molar-refractivity contribution in [1.29, 1.82) is 0 Å². The largest absolute Gasteiger partial charge is 0.339 e. The molecule has 4 nitrogen and oxygen atoms in total. The summed E-state index contributed by atoms with van der Waals surface area (Å²) in [5.74, 6) is 0. The number of amides is 2. The van der Waals surface area contributed by atoms with Gasteiger partial charge in [-0.25, -0.2) is 10.2 Å². The number of urea groups is 1. The number of hydrazone groups is 1. The lowest BCUT2D eigenvalue weighted by molar-refractivity contribution is 0.252. The van der Waals surface area contributed by atoms with E-state index in [9.17, 15) is 4.79 Å². The summed E-state index contributed by atoms with van der Waals surface area (Å²) in [7, 11) is 0. The summed E-state index contributed by atoms with van der Waals surface area (Å²) >= 11 is 12.5. The van der Waals surface area contributed by atoms with Crippen LogP contribution in [0.15, 0.2) is 79.3 Å². The first-order valence-corrected chi connectivity index (χ1v) is 10.3. The minimum absolute atomic E-state index is 0.393. The van der Waals surface area contributed by atoms with Gasteiger partial charge in [-0.05, 0) is 60.7 Å². The Hall–Kier alpha value is -1.80. The van der Waals surface area contributed by atoms with Gasteiger partial charge < -0.3 is 5.32 Å². The van der Waals surface area contributed by atoms with E-state index < -0.39 is 6.03 Å². The van der Waals surface area contributed by atoms with Gasteiger partial charge in [-0.2, -0.15) is 5.10 Å². The number of halogens is 2. The van der Waals surface area contributed by atoms with Crippen LogP contribution in [0.2, 0.25) is 5.02 Å². The van der Waals surface area contributed by atoms with Crippen molar-refractivity contribution < 1.29 is 4.79 Å². The van der Waals surface area contributed by atoms with Gasteiger partial charge in [0.2, 0.25) is 0 Å². The predicted molar refractivity (Wildman–Crippen MR) is 114 cm³/mol. The zero-order valence-electron chi connectivity index (χ0n) is 13.3. The van der Waals surface area contributed by atoms with Crippen LogP contribution in [0.1, 0.15) is 4.88 Å². The Balaban J connectivity index is 1.51. The molecule has 0 unspecified atom stereocenters. The van der Waals surface area contributed by atoms with Crippen LogP contribution in [0.4, 0.5) is 10.5 Å². The summed E-state index contributed by atoms with van der Waals surface area (Å²) in [5.41, 5.74) is 3.15. The van der Waals surface area contributed by atoms with Gasteiger partial charge in [0.05, 0.1) is 10.4 Å². The van der Waals surface area contributed by atoms with Gasteiger partial charge in [0.25, 0.3) is 0 Å². The number of benzene rings is 2. The second-order valence-corrected chi connectivity index (χ2v) is 8.89. The molecule has 0 radical (unpaired) electrons. The van der Waals surface area contributed by atoms with E-state index in [0.717, 1.165) is 23.5 Å². The number of rotatable bonds is 5. The number of hydrogen-bond donors (Lipinski definition) is 2. The first-order valence-electron chi connectivity index (χ1n) is 7.47. The van der Waals surface area contributed by atoms with Crippen LogP contribution in [-0.4, -0.2) is 12.2 Å². The molecule has 26 heavy (non-hydrogen) atoms. The molecule has 0 atom stereocenters. The zero-order chi connectivity index (χ0) is 18.4. The highest BCUT2D eigenvalue weighted by molar-refractivity contribution is 9.10. The monoisotopic (exact) mass is 465 g/mol. The van der Waals surface area contributed by atoms with Crippen LogP contribution in [0.3, 0.4) is 0 Å². The maximum absolute atomic E-state index is 11.8. The van der Waals surface area contributed by atoms with Crippen molar-refractivity contribution in [3.63, 3.8) is 0 Å². The highest BCUT2D eigenvalue weighted by Crippen LogP contribution is 2.33. The van der Waals surface area contributed by atoms with Crippen LogP contribution in [0.5, 0.6) is 0 Å². The van der Waals surface area contributed by atoms with E-state index in [-0.39, 0.29) is 0 Å². The zero-order valence-corrected chi connectivity index (χ0v) is 17.3. The molecule has 2 amide bonds. The van der Waals surface area contributed by atoms with Gasteiger partial charge in [0.15, 0.2) is 0 Å². The molecule has 0 saturated carbocycles. The molecule has 0 aliphatic heterocycles. The normalized spacial score (nSPS) is 10.8. The molecule has 3 aromatic rings. The second kappa shape index (κ2) is 9.23. The lowest BCUT2D eigenvalue weighted by atomic mass is 10.3. The van der Waals surface area contributed by atoms with Crippen molar-refractivity contribution in [2.75, 3.05) is 5.32 Å². The number of nitrogens with zero attached hydrogens (tertiary/aromatic N) is 1. The number of anilines is 1. The molecule has 0 fully saturated rings. The molecular formula is C18H13BrClN3OS2. The third-order valence-corrected chi connectivity index (χ3v) is 6.03. The lowest BCUT2D eigenvalue weighted by Gasteiger charge is -2.03. The maximum atomic E-state index is 11.8. The molecule has 0 saturated heterocycles. The van der Waals surface area contributed by atoms with E-state index in [4.69, 9.17) is 11.6 Å². The van der Waals surface area contributed by atoms with Crippen LogP contribution in [0.25, 0.3) is 0 Å².